The molecule has 1 saturated carbocycles. The number of carboxylic acids is 1. The van der Waals surface area contributed by atoms with E-state index in [1.807, 2.05) is 0 Å². The predicted octanol–water partition coefficient (Wildman–Crippen LogP) is 3.03. The minimum Gasteiger partial charge on any atom is -0.478 e. The summed E-state index contributed by atoms with van der Waals surface area (Å²) in [5, 5.41) is 9.14. The number of rotatable bonds is 3. The molecule has 0 spiro atoms. The average Bonchev–Trinajstić information content (AvgIpc) is 2.97. The van der Waals surface area contributed by atoms with Crippen molar-refractivity contribution < 1.29 is 9.90 Å². The summed E-state index contributed by atoms with van der Waals surface area (Å²) in [7, 11) is 0. The van der Waals surface area contributed by atoms with E-state index in [-0.39, 0.29) is 17.3 Å². The molecule has 2 N–H and O–H groups in total. The van der Waals surface area contributed by atoms with Gasteiger partial charge in [0.15, 0.2) is 0 Å². The van der Waals surface area contributed by atoms with Gasteiger partial charge in [0, 0.05) is 6.04 Å². The number of carbonyl (C=O) groups is 1. The van der Waals surface area contributed by atoms with Crippen molar-refractivity contribution in [2.75, 3.05) is 0 Å². The maximum absolute atomic E-state index is 12.3. The van der Waals surface area contributed by atoms with Crippen molar-refractivity contribution in [2.24, 2.45) is 11.8 Å². The highest BCUT2D eigenvalue weighted by Gasteiger charge is 2.34. The van der Waals surface area contributed by atoms with Crippen LogP contribution >= 0.6 is 0 Å². The van der Waals surface area contributed by atoms with Crippen molar-refractivity contribution in [1.82, 2.24) is 9.55 Å². The summed E-state index contributed by atoms with van der Waals surface area (Å²) in [6.45, 7) is 4.38. The number of carboxylic acid groups (broad SMARTS) is 1. The minimum atomic E-state index is -0.969. The first-order valence-electron chi connectivity index (χ1n) is 7.50. The van der Waals surface area contributed by atoms with Gasteiger partial charge < -0.3 is 10.1 Å². The molecule has 1 aromatic carbocycles. The van der Waals surface area contributed by atoms with Crippen molar-refractivity contribution >= 4 is 17.0 Å². The Morgan fingerprint density at radius 2 is 2.19 bits per heavy atom. The second-order valence-corrected chi connectivity index (χ2v) is 6.01. The van der Waals surface area contributed by atoms with Gasteiger partial charge in [-0.2, -0.15) is 0 Å². The van der Waals surface area contributed by atoms with Crippen molar-refractivity contribution in [3.63, 3.8) is 0 Å². The van der Waals surface area contributed by atoms with Crippen LogP contribution in [0.1, 0.15) is 49.5 Å². The fraction of sp³-hybridized carbons (Fsp3) is 0.500. The van der Waals surface area contributed by atoms with Gasteiger partial charge in [0.1, 0.15) is 0 Å². The molecule has 1 aliphatic rings. The molecular weight excluding hydrogens is 268 g/mol. The first kappa shape index (κ1) is 13.9. The third-order valence-corrected chi connectivity index (χ3v) is 5.00. The number of aromatic amines is 1. The molecular formula is C16H20N2O3. The average molecular weight is 288 g/mol. The van der Waals surface area contributed by atoms with Gasteiger partial charge in [0.25, 0.3) is 0 Å². The van der Waals surface area contributed by atoms with E-state index >= 15 is 0 Å². The maximum atomic E-state index is 12.3. The fourth-order valence-corrected chi connectivity index (χ4v) is 3.75. The van der Waals surface area contributed by atoms with E-state index in [0.717, 1.165) is 19.3 Å². The lowest BCUT2D eigenvalue weighted by Crippen LogP contribution is -2.25. The van der Waals surface area contributed by atoms with E-state index in [9.17, 15) is 9.59 Å². The number of benzene rings is 1. The molecule has 0 radical (unpaired) electrons. The number of H-pyrrole nitrogens is 1. The molecule has 3 atom stereocenters. The SMILES string of the molecule is CCC1CCC(n2c(=O)[nH]c3ccc(C(=O)O)cc32)C1C. The van der Waals surface area contributed by atoms with Crippen LogP contribution in [0.5, 0.6) is 0 Å². The first-order valence-corrected chi connectivity index (χ1v) is 7.50. The highest BCUT2D eigenvalue weighted by molar-refractivity contribution is 5.92. The zero-order chi connectivity index (χ0) is 15.1. The van der Waals surface area contributed by atoms with Crippen molar-refractivity contribution in [2.45, 2.75) is 39.2 Å². The predicted molar refractivity (Wildman–Crippen MR) is 80.7 cm³/mol. The van der Waals surface area contributed by atoms with Crippen LogP contribution in [0.25, 0.3) is 11.0 Å². The number of nitrogens with one attached hydrogen (secondary N) is 1. The standard InChI is InChI=1S/C16H20N2O3/c1-3-10-5-7-13(9(10)2)18-14-8-11(15(19)20)4-6-12(14)17-16(18)21/h4,6,8-10,13H,3,5,7H2,1-2H3,(H,17,21)(H,19,20). The molecule has 1 heterocycles. The number of aromatic carboxylic acids is 1. The Balaban J connectivity index is 2.13. The van der Waals surface area contributed by atoms with E-state index in [4.69, 9.17) is 5.11 Å². The van der Waals surface area contributed by atoms with E-state index in [1.165, 1.54) is 6.07 Å². The molecule has 3 rings (SSSR count). The summed E-state index contributed by atoms with van der Waals surface area (Å²) < 4.78 is 1.77. The molecule has 2 aromatic rings. The van der Waals surface area contributed by atoms with Crippen LogP contribution in [0.15, 0.2) is 23.0 Å². The summed E-state index contributed by atoms with van der Waals surface area (Å²) in [4.78, 5) is 26.3. The summed E-state index contributed by atoms with van der Waals surface area (Å²) >= 11 is 0. The van der Waals surface area contributed by atoms with Crippen molar-refractivity contribution in [3.8, 4) is 0 Å². The number of fused-ring (bicyclic) bond motifs is 1. The largest absolute Gasteiger partial charge is 0.478 e. The Morgan fingerprint density at radius 1 is 1.43 bits per heavy atom. The minimum absolute atomic E-state index is 0.138. The van der Waals surface area contributed by atoms with Crippen LogP contribution in [-0.2, 0) is 0 Å². The van der Waals surface area contributed by atoms with Crippen LogP contribution in [-0.4, -0.2) is 20.6 Å². The third kappa shape index (κ3) is 2.17. The number of imidazole rings is 1. The van der Waals surface area contributed by atoms with Crippen LogP contribution in [0.4, 0.5) is 0 Å². The number of hydrogen-bond donors (Lipinski definition) is 2. The molecule has 1 aromatic heterocycles. The molecule has 1 fully saturated rings. The summed E-state index contributed by atoms with van der Waals surface area (Å²) in [6.07, 6.45) is 3.22. The van der Waals surface area contributed by atoms with Gasteiger partial charge in [0.2, 0.25) is 0 Å². The zero-order valence-corrected chi connectivity index (χ0v) is 12.3. The molecule has 0 aliphatic heterocycles. The van der Waals surface area contributed by atoms with Crippen LogP contribution < -0.4 is 5.69 Å². The molecule has 1 aliphatic carbocycles. The summed E-state index contributed by atoms with van der Waals surface area (Å²) in [5.41, 5.74) is 1.49. The van der Waals surface area contributed by atoms with Gasteiger partial charge >= 0.3 is 11.7 Å². The van der Waals surface area contributed by atoms with Gasteiger partial charge in [-0.3, -0.25) is 4.57 Å². The summed E-state index contributed by atoms with van der Waals surface area (Å²) in [6, 6.07) is 4.95. The van der Waals surface area contributed by atoms with E-state index in [0.29, 0.717) is 22.9 Å². The Morgan fingerprint density at radius 3 is 2.81 bits per heavy atom. The Hall–Kier alpha value is -2.04. The molecule has 0 saturated heterocycles. The van der Waals surface area contributed by atoms with Crippen LogP contribution in [0, 0.1) is 11.8 Å². The molecule has 21 heavy (non-hydrogen) atoms. The second-order valence-electron chi connectivity index (χ2n) is 6.01. The fourth-order valence-electron chi connectivity index (χ4n) is 3.75. The molecule has 112 valence electrons. The highest BCUT2D eigenvalue weighted by Crippen LogP contribution is 2.42. The number of nitrogens with zero attached hydrogens (tertiary/aromatic N) is 1. The topological polar surface area (TPSA) is 75.1 Å². The van der Waals surface area contributed by atoms with E-state index < -0.39 is 5.97 Å². The molecule has 0 amide bonds. The van der Waals surface area contributed by atoms with Gasteiger partial charge in [-0.05, 0) is 42.9 Å². The second kappa shape index (κ2) is 5.06. The highest BCUT2D eigenvalue weighted by atomic mass is 16.4. The maximum Gasteiger partial charge on any atom is 0.335 e. The lowest BCUT2D eigenvalue weighted by molar-refractivity contribution is 0.0697. The van der Waals surface area contributed by atoms with Gasteiger partial charge in [-0.1, -0.05) is 20.3 Å². The van der Waals surface area contributed by atoms with Crippen molar-refractivity contribution in [1.29, 1.82) is 0 Å². The third-order valence-electron chi connectivity index (χ3n) is 5.00. The van der Waals surface area contributed by atoms with E-state index in [1.54, 1.807) is 16.7 Å². The van der Waals surface area contributed by atoms with Gasteiger partial charge in [-0.15, -0.1) is 0 Å². The quantitative estimate of drug-likeness (QED) is 0.911. The lowest BCUT2D eigenvalue weighted by atomic mass is 9.93. The normalized spacial score (nSPS) is 25.5. The Bertz CT molecular complexity index is 744. The monoisotopic (exact) mass is 288 g/mol. The molecule has 3 unspecified atom stereocenters. The number of hydrogen-bond acceptors (Lipinski definition) is 2. The summed E-state index contributed by atoms with van der Waals surface area (Å²) in [5.74, 6) is 0.0951. The van der Waals surface area contributed by atoms with Crippen LogP contribution in [0.2, 0.25) is 0 Å². The van der Waals surface area contributed by atoms with Gasteiger partial charge in [-0.25, -0.2) is 9.59 Å². The molecule has 0 bridgehead atoms. The van der Waals surface area contributed by atoms with Gasteiger partial charge in [0.05, 0.1) is 16.6 Å². The van der Waals surface area contributed by atoms with Crippen LogP contribution in [0.3, 0.4) is 0 Å². The number of aromatic nitrogens is 2. The Kier molecular flexibility index (Phi) is 3.35. The molecule has 5 heteroatoms. The van der Waals surface area contributed by atoms with E-state index in [2.05, 4.69) is 18.8 Å². The lowest BCUT2D eigenvalue weighted by Gasteiger charge is -2.21. The Labute approximate surface area is 122 Å². The molecule has 5 nitrogen and oxygen atoms in total. The first-order chi connectivity index (χ1) is 10.0. The van der Waals surface area contributed by atoms with Crippen molar-refractivity contribution in [3.05, 3.63) is 34.2 Å². The smallest absolute Gasteiger partial charge is 0.335 e. The zero-order valence-electron chi connectivity index (χ0n) is 12.3.